The third-order valence-electron chi connectivity index (χ3n) is 4.36. The van der Waals surface area contributed by atoms with Gasteiger partial charge in [0.1, 0.15) is 6.61 Å². The van der Waals surface area contributed by atoms with Crippen LogP contribution in [0.2, 0.25) is 10.0 Å². The highest BCUT2D eigenvalue weighted by molar-refractivity contribution is 6.32. The summed E-state index contributed by atoms with van der Waals surface area (Å²) in [4.78, 5) is 4.05. The number of hydrogen-bond donors (Lipinski definition) is 1. The third-order valence-corrected chi connectivity index (χ3v) is 5.01. The van der Waals surface area contributed by atoms with Crippen molar-refractivity contribution in [1.82, 2.24) is 14.9 Å². The Kier molecular flexibility index (Phi) is 8.23. The van der Waals surface area contributed by atoms with Crippen LogP contribution in [0.5, 0.6) is 11.5 Å². The number of halogens is 2. The molecule has 1 aromatic heterocycles. The highest BCUT2D eigenvalue weighted by atomic mass is 35.5. The van der Waals surface area contributed by atoms with Crippen LogP contribution in [0.15, 0.2) is 55.1 Å². The summed E-state index contributed by atoms with van der Waals surface area (Å²) in [5.74, 6) is 1.18. The Morgan fingerprint density at radius 1 is 1.10 bits per heavy atom. The van der Waals surface area contributed by atoms with Gasteiger partial charge in [0.2, 0.25) is 0 Å². The quantitative estimate of drug-likeness (QED) is 0.414. The molecule has 0 aliphatic rings. The maximum atomic E-state index is 6.51. The second-order valence-corrected chi connectivity index (χ2v) is 7.36. The Balaban J connectivity index is 1.58. The molecule has 0 saturated heterocycles. The van der Waals surface area contributed by atoms with Gasteiger partial charge in [0, 0.05) is 36.1 Å². The molecule has 3 aromatic rings. The van der Waals surface area contributed by atoms with Crippen molar-refractivity contribution in [2.45, 2.75) is 33.0 Å². The Bertz CT molecular complexity index is 901. The molecule has 0 atom stereocenters. The zero-order chi connectivity index (χ0) is 20.5. The number of benzene rings is 2. The van der Waals surface area contributed by atoms with Crippen LogP contribution in [0.3, 0.4) is 0 Å². The first kappa shape index (κ1) is 21.5. The Labute approximate surface area is 181 Å². The van der Waals surface area contributed by atoms with Crippen LogP contribution < -0.4 is 14.8 Å². The number of nitrogens with one attached hydrogen (secondary N) is 1. The lowest BCUT2D eigenvalue weighted by Crippen LogP contribution is -2.16. The van der Waals surface area contributed by atoms with Gasteiger partial charge in [-0.2, -0.15) is 0 Å². The SMILES string of the molecule is CCOc1cc(CNCCCn2ccnc2)cc(Cl)c1OCc1ccccc1Cl. The first-order chi connectivity index (χ1) is 14.2. The van der Waals surface area contributed by atoms with E-state index in [4.69, 9.17) is 32.7 Å². The van der Waals surface area contributed by atoms with Crippen molar-refractivity contribution in [3.05, 3.63) is 76.3 Å². The second kappa shape index (κ2) is 11.1. The molecule has 7 heteroatoms. The van der Waals surface area contributed by atoms with E-state index < -0.39 is 0 Å². The predicted octanol–water partition coefficient (Wildman–Crippen LogP) is 5.35. The molecule has 1 heterocycles. The van der Waals surface area contributed by atoms with Gasteiger partial charge in [-0.05, 0) is 43.7 Å². The van der Waals surface area contributed by atoms with E-state index in [-0.39, 0.29) is 0 Å². The van der Waals surface area contributed by atoms with Crippen molar-refractivity contribution in [3.8, 4) is 11.5 Å². The van der Waals surface area contributed by atoms with Crippen LogP contribution >= 0.6 is 23.2 Å². The zero-order valence-electron chi connectivity index (χ0n) is 16.4. The van der Waals surface area contributed by atoms with Crippen molar-refractivity contribution in [1.29, 1.82) is 0 Å². The average molecular weight is 434 g/mol. The van der Waals surface area contributed by atoms with Gasteiger partial charge in [-0.15, -0.1) is 0 Å². The van der Waals surface area contributed by atoms with E-state index in [1.54, 1.807) is 6.20 Å². The predicted molar refractivity (Wildman–Crippen MR) is 117 cm³/mol. The van der Waals surface area contributed by atoms with Gasteiger partial charge < -0.3 is 19.4 Å². The normalized spacial score (nSPS) is 10.9. The molecule has 29 heavy (non-hydrogen) atoms. The average Bonchev–Trinajstić information content (AvgIpc) is 3.22. The largest absolute Gasteiger partial charge is 0.490 e. The molecule has 2 aromatic carbocycles. The van der Waals surface area contributed by atoms with E-state index in [9.17, 15) is 0 Å². The van der Waals surface area contributed by atoms with Crippen LogP contribution in [-0.4, -0.2) is 22.7 Å². The second-order valence-electron chi connectivity index (χ2n) is 6.55. The van der Waals surface area contributed by atoms with Crippen molar-refractivity contribution in [2.24, 2.45) is 0 Å². The molecular weight excluding hydrogens is 409 g/mol. The summed E-state index contributed by atoms with van der Waals surface area (Å²) in [7, 11) is 0. The number of hydrogen-bond acceptors (Lipinski definition) is 4. The Hall–Kier alpha value is -2.21. The van der Waals surface area contributed by atoms with Gasteiger partial charge in [0.15, 0.2) is 11.5 Å². The topological polar surface area (TPSA) is 48.3 Å². The molecule has 0 spiro atoms. The smallest absolute Gasteiger partial charge is 0.180 e. The first-order valence-corrected chi connectivity index (χ1v) is 10.4. The lowest BCUT2D eigenvalue weighted by Gasteiger charge is -2.16. The molecule has 0 unspecified atom stereocenters. The lowest BCUT2D eigenvalue weighted by molar-refractivity contribution is 0.269. The summed E-state index contributed by atoms with van der Waals surface area (Å²) in [5, 5.41) is 4.63. The molecule has 0 bridgehead atoms. The summed E-state index contributed by atoms with van der Waals surface area (Å²) in [5.41, 5.74) is 1.95. The van der Waals surface area contributed by atoms with Crippen LogP contribution in [0.1, 0.15) is 24.5 Å². The molecule has 0 amide bonds. The summed E-state index contributed by atoms with van der Waals surface area (Å²) >= 11 is 12.7. The van der Waals surface area contributed by atoms with Crippen molar-refractivity contribution in [2.75, 3.05) is 13.2 Å². The molecule has 0 aliphatic heterocycles. The molecule has 154 valence electrons. The highest BCUT2D eigenvalue weighted by Gasteiger charge is 2.13. The molecule has 0 radical (unpaired) electrons. The minimum Gasteiger partial charge on any atom is -0.490 e. The fraction of sp³-hybridized carbons (Fsp3) is 0.318. The van der Waals surface area contributed by atoms with Crippen molar-refractivity contribution >= 4 is 23.2 Å². The minimum atomic E-state index is 0.325. The monoisotopic (exact) mass is 433 g/mol. The third kappa shape index (κ3) is 6.39. The molecule has 1 N–H and O–H groups in total. The molecule has 5 nitrogen and oxygen atoms in total. The molecular formula is C22H25Cl2N3O2. The Morgan fingerprint density at radius 2 is 1.97 bits per heavy atom. The van der Waals surface area contributed by atoms with Gasteiger partial charge in [0.05, 0.1) is 18.0 Å². The molecule has 0 fully saturated rings. The zero-order valence-corrected chi connectivity index (χ0v) is 17.9. The number of nitrogens with zero attached hydrogens (tertiary/aromatic N) is 2. The number of aromatic nitrogens is 2. The summed E-state index contributed by atoms with van der Waals surface area (Å²) < 4.78 is 13.8. The molecule has 0 aliphatic carbocycles. The first-order valence-electron chi connectivity index (χ1n) is 9.65. The summed E-state index contributed by atoms with van der Waals surface area (Å²) in [6.45, 7) is 5.32. The summed E-state index contributed by atoms with van der Waals surface area (Å²) in [6, 6.07) is 11.5. The molecule has 0 saturated carbocycles. The van der Waals surface area contributed by atoms with Gasteiger partial charge in [-0.3, -0.25) is 0 Å². The van der Waals surface area contributed by atoms with Crippen LogP contribution in [0, 0.1) is 0 Å². The number of rotatable bonds is 11. The van der Waals surface area contributed by atoms with Crippen LogP contribution in [-0.2, 0) is 19.7 Å². The fourth-order valence-electron chi connectivity index (χ4n) is 2.93. The van der Waals surface area contributed by atoms with Crippen LogP contribution in [0.25, 0.3) is 0 Å². The van der Waals surface area contributed by atoms with E-state index in [1.165, 1.54) is 0 Å². The van der Waals surface area contributed by atoms with E-state index in [2.05, 4.69) is 14.9 Å². The van der Waals surface area contributed by atoms with E-state index in [0.717, 1.165) is 30.6 Å². The van der Waals surface area contributed by atoms with E-state index in [1.807, 2.05) is 55.8 Å². The van der Waals surface area contributed by atoms with Crippen molar-refractivity contribution < 1.29 is 9.47 Å². The van der Waals surface area contributed by atoms with Crippen molar-refractivity contribution in [3.63, 3.8) is 0 Å². The van der Waals surface area contributed by atoms with E-state index in [0.29, 0.717) is 41.3 Å². The number of ether oxygens (including phenoxy) is 2. The minimum absolute atomic E-state index is 0.325. The highest BCUT2D eigenvalue weighted by Crippen LogP contribution is 2.37. The van der Waals surface area contributed by atoms with Crippen LogP contribution in [0.4, 0.5) is 0 Å². The Morgan fingerprint density at radius 3 is 2.72 bits per heavy atom. The fourth-order valence-corrected chi connectivity index (χ4v) is 3.41. The van der Waals surface area contributed by atoms with Gasteiger partial charge in [-0.25, -0.2) is 4.98 Å². The molecule has 3 rings (SSSR count). The van der Waals surface area contributed by atoms with Gasteiger partial charge in [0.25, 0.3) is 0 Å². The van der Waals surface area contributed by atoms with Gasteiger partial charge in [-0.1, -0.05) is 41.4 Å². The number of imidazole rings is 1. The van der Waals surface area contributed by atoms with E-state index >= 15 is 0 Å². The maximum Gasteiger partial charge on any atom is 0.180 e. The maximum absolute atomic E-state index is 6.51. The standard InChI is InChI=1S/C22H25Cl2N3O2/c1-2-28-21-13-17(14-25-8-5-10-27-11-9-26-16-27)12-20(24)22(21)29-15-18-6-3-4-7-19(18)23/h3-4,6-7,9,11-13,16,25H,2,5,8,10,14-15H2,1H3. The number of aryl methyl sites for hydroxylation is 1. The lowest BCUT2D eigenvalue weighted by atomic mass is 10.2. The van der Waals surface area contributed by atoms with Gasteiger partial charge >= 0.3 is 0 Å². The summed E-state index contributed by atoms with van der Waals surface area (Å²) in [6.07, 6.45) is 6.60.